The second-order valence-electron chi connectivity index (χ2n) is 8.19. The van der Waals surface area contributed by atoms with Gasteiger partial charge in [0.15, 0.2) is 0 Å². The van der Waals surface area contributed by atoms with Crippen LogP contribution in [0.2, 0.25) is 0 Å². The van der Waals surface area contributed by atoms with Crippen LogP contribution in [0.15, 0.2) is 103 Å². The Labute approximate surface area is 204 Å². The van der Waals surface area contributed by atoms with Crippen molar-refractivity contribution in [3.05, 3.63) is 120 Å². The zero-order valence-electron chi connectivity index (χ0n) is 19.1. The number of benzene rings is 4. The first-order valence-electron chi connectivity index (χ1n) is 11.2. The first kappa shape index (κ1) is 23.6. The molecule has 0 heterocycles. The van der Waals surface area contributed by atoms with E-state index in [1.165, 1.54) is 0 Å². The molecule has 4 N–H and O–H groups in total. The number of nitrogens with two attached hydrogens (primary N) is 1. The largest absolute Gasteiger partial charge is 0.489 e. The zero-order valence-corrected chi connectivity index (χ0v) is 19.1. The van der Waals surface area contributed by atoms with Gasteiger partial charge in [0, 0.05) is 17.7 Å². The van der Waals surface area contributed by atoms with Gasteiger partial charge in [-0.3, -0.25) is 4.79 Å². The summed E-state index contributed by atoms with van der Waals surface area (Å²) < 4.78 is 5.83. The molecular weight excluding hydrogens is 440 g/mol. The standard InChI is InChI=1S/C29H26N2O4/c30-25-8-4-7-21(17-25)19-35-26-15-13-23(14-16-26)22-9-11-24(12-10-22)28(32)31-27(29(33)34)18-20-5-2-1-3-6-20/h1-17,27H,18-19,30H2,(H,31,32)(H,33,34). The Balaban J connectivity index is 1.36. The lowest BCUT2D eigenvalue weighted by Crippen LogP contribution is -2.42. The Morgan fingerprint density at radius 2 is 1.43 bits per heavy atom. The Morgan fingerprint density at radius 3 is 2.06 bits per heavy atom. The molecule has 4 aromatic rings. The minimum Gasteiger partial charge on any atom is -0.489 e. The molecule has 1 unspecified atom stereocenters. The molecule has 0 bridgehead atoms. The molecule has 176 valence electrons. The lowest BCUT2D eigenvalue weighted by molar-refractivity contribution is -0.139. The molecule has 0 aliphatic carbocycles. The zero-order chi connectivity index (χ0) is 24.6. The number of hydrogen-bond acceptors (Lipinski definition) is 4. The molecular formula is C29H26N2O4. The lowest BCUT2D eigenvalue weighted by Gasteiger charge is -2.15. The number of amides is 1. The van der Waals surface area contributed by atoms with E-state index < -0.39 is 17.9 Å². The molecule has 0 aliphatic heterocycles. The average molecular weight is 467 g/mol. The second-order valence-corrected chi connectivity index (χ2v) is 8.19. The smallest absolute Gasteiger partial charge is 0.326 e. The quantitative estimate of drug-likeness (QED) is 0.303. The summed E-state index contributed by atoms with van der Waals surface area (Å²) in [5.74, 6) is -0.757. The van der Waals surface area contributed by atoms with Gasteiger partial charge in [-0.1, -0.05) is 66.7 Å². The van der Waals surface area contributed by atoms with Crippen molar-refractivity contribution in [2.75, 3.05) is 5.73 Å². The third-order valence-electron chi connectivity index (χ3n) is 5.58. The Hall–Kier alpha value is -4.58. The fraction of sp³-hybridized carbons (Fsp3) is 0.103. The number of carbonyl (C=O) groups excluding carboxylic acids is 1. The highest BCUT2D eigenvalue weighted by atomic mass is 16.5. The van der Waals surface area contributed by atoms with E-state index in [4.69, 9.17) is 10.5 Å². The Morgan fingerprint density at radius 1 is 0.800 bits per heavy atom. The second kappa shape index (κ2) is 11.0. The van der Waals surface area contributed by atoms with Crippen molar-refractivity contribution in [3.8, 4) is 16.9 Å². The van der Waals surface area contributed by atoms with Crippen LogP contribution >= 0.6 is 0 Å². The molecule has 0 radical (unpaired) electrons. The first-order valence-corrected chi connectivity index (χ1v) is 11.2. The fourth-order valence-corrected chi connectivity index (χ4v) is 3.70. The van der Waals surface area contributed by atoms with Gasteiger partial charge in [-0.05, 0) is 58.7 Å². The van der Waals surface area contributed by atoms with E-state index in [0.717, 1.165) is 28.0 Å². The van der Waals surface area contributed by atoms with Gasteiger partial charge in [0.1, 0.15) is 18.4 Å². The third kappa shape index (κ3) is 6.48. The summed E-state index contributed by atoms with van der Waals surface area (Å²) >= 11 is 0. The van der Waals surface area contributed by atoms with E-state index >= 15 is 0 Å². The van der Waals surface area contributed by atoms with Gasteiger partial charge in [0.2, 0.25) is 0 Å². The monoisotopic (exact) mass is 466 g/mol. The van der Waals surface area contributed by atoms with E-state index in [0.29, 0.717) is 17.9 Å². The number of hydrogen-bond donors (Lipinski definition) is 3. The van der Waals surface area contributed by atoms with Gasteiger partial charge in [0.25, 0.3) is 5.91 Å². The van der Waals surface area contributed by atoms with Crippen LogP contribution in [-0.2, 0) is 17.8 Å². The number of aliphatic carboxylic acids is 1. The van der Waals surface area contributed by atoms with Crippen LogP contribution in [0, 0.1) is 0 Å². The van der Waals surface area contributed by atoms with Crippen LogP contribution in [0.3, 0.4) is 0 Å². The molecule has 0 spiro atoms. The van der Waals surface area contributed by atoms with Crippen LogP contribution in [-0.4, -0.2) is 23.0 Å². The van der Waals surface area contributed by atoms with Crippen LogP contribution < -0.4 is 15.8 Å². The van der Waals surface area contributed by atoms with E-state index in [9.17, 15) is 14.7 Å². The molecule has 1 amide bonds. The first-order chi connectivity index (χ1) is 17.0. The van der Waals surface area contributed by atoms with Gasteiger partial charge >= 0.3 is 5.97 Å². The van der Waals surface area contributed by atoms with Gasteiger partial charge in [-0.15, -0.1) is 0 Å². The van der Waals surface area contributed by atoms with Gasteiger partial charge in [-0.2, -0.15) is 0 Å². The maximum atomic E-state index is 12.7. The number of anilines is 1. The molecule has 0 fully saturated rings. The van der Waals surface area contributed by atoms with Crippen molar-refractivity contribution in [1.29, 1.82) is 0 Å². The number of carbonyl (C=O) groups is 2. The summed E-state index contributed by atoms with van der Waals surface area (Å²) in [6.07, 6.45) is 0.214. The fourth-order valence-electron chi connectivity index (χ4n) is 3.70. The van der Waals surface area contributed by atoms with Crippen molar-refractivity contribution in [2.24, 2.45) is 0 Å². The average Bonchev–Trinajstić information content (AvgIpc) is 2.88. The summed E-state index contributed by atoms with van der Waals surface area (Å²) in [5.41, 5.74) is 10.6. The normalized spacial score (nSPS) is 11.4. The molecule has 4 rings (SSSR count). The minimum absolute atomic E-state index is 0.214. The van der Waals surface area contributed by atoms with E-state index in [1.54, 1.807) is 12.1 Å². The molecule has 6 nitrogen and oxygen atoms in total. The molecule has 0 aliphatic rings. The SMILES string of the molecule is Nc1cccc(COc2ccc(-c3ccc(C(=O)NC(Cc4ccccc4)C(=O)O)cc3)cc2)c1. The molecule has 0 saturated carbocycles. The summed E-state index contributed by atoms with van der Waals surface area (Å²) in [7, 11) is 0. The minimum atomic E-state index is -1.07. The summed E-state index contributed by atoms with van der Waals surface area (Å²) in [6, 6.07) is 30.5. The molecule has 0 aromatic heterocycles. The maximum Gasteiger partial charge on any atom is 0.326 e. The van der Waals surface area contributed by atoms with Crippen molar-refractivity contribution >= 4 is 17.6 Å². The Bertz CT molecular complexity index is 1290. The molecule has 4 aromatic carbocycles. The van der Waals surface area contributed by atoms with Crippen molar-refractivity contribution < 1.29 is 19.4 Å². The lowest BCUT2D eigenvalue weighted by atomic mass is 10.0. The predicted octanol–water partition coefficient (Wildman–Crippen LogP) is 4.94. The summed E-state index contributed by atoms with van der Waals surface area (Å²) in [5, 5.41) is 12.1. The van der Waals surface area contributed by atoms with Crippen LogP contribution in [0.25, 0.3) is 11.1 Å². The summed E-state index contributed by atoms with van der Waals surface area (Å²) in [6.45, 7) is 0.426. The van der Waals surface area contributed by atoms with Crippen molar-refractivity contribution in [2.45, 2.75) is 19.1 Å². The topological polar surface area (TPSA) is 102 Å². The molecule has 6 heteroatoms. The van der Waals surface area contributed by atoms with Crippen LogP contribution in [0.1, 0.15) is 21.5 Å². The van der Waals surface area contributed by atoms with Crippen molar-refractivity contribution in [1.82, 2.24) is 5.32 Å². The van der Waals surface area contributed by atoms with Gasteiger partial charge in [0.05, 0.1) is 0 Å². The highest BCUT2D eigenvalue weighted by Gasteiger charge is 2.21. The van der Waals surface area contributed by atoms with Gasteiger partial charge in [-0.25, -0.2) is 4.79 Å². The number of carboxylic acid groups (broad SMARTS) is 1. The third-order valence-corrected chi connectivity index (χ3v) is 5.58. The highest BCUT2D eigenvalue weighted by molar-refractivity contribution is 5.97. The van der Waals surface area contributed by atoms with Gasteiger partial charge < -0.3 is 20.9 Å². The van der Waals surface area contributed by atoms with Crippen LogP contribution in [0.4, 0.5) is 5.69 Å². The van der Waals surface area contributed by atoms with E-state index in [1.807, 2.05) is 91.0 Å². The number of nitrogens with one attached hydrogen (secondary N) is 1. The Kier molecular flexibility index (Phi) is 7.43. The number of ether oxygens (including phenoxy) is 1. The van der Waals surface area contributed by atoms with Crippen molar-refractivity contribution in [3.63, 3.8) is 0 Å². The number of rotatable bonds is 9. The molecule has 35 heavy (non-hydrogen) atoms. The molecule has 0 saturated heterocycles. The molecule has 1 atom stereocenters. The highest BCUT2D eigenvalue weighted by Crippen LogP contribution is 2.23. The van der Waals surface area contributed by atoms with Crippen LogP contribution in [0.5, 0.6) is 5.75 Å². The van der Waals surface area contributed by atoms with E-state index in [-0.39, 0.29) is 6.42 Å². The predicted molar refractivity (Wildman–Crippen MR) is 136 cm³/mol. The number of carboxylic acids is 1. The summed E-state index contributed by atoms with van der Waals surface area (Å²) in [4.78, 5) is 24.3. The number of nitrogen functional groups attached to an aromatic ring is 1. The van der Waals surface area contributed by atoms with E-state index in [2.05, 4.69) is 5.32 Å². The maximum absolute atomic E-state index is 12.7.